The van der Waals surface area contributed by atoms with Gasteiger partial charge in [-0.2, -0.15) is 0 Å². The zero-order valence-corrected chi connectivity index (χ0v) is 11.4. The van der Waals surface area contributed by atoms with Crippen LogP contribution in [0.2, 0.25) is 5.02 Å². The highest BCUT2D eigenvalue weighted by atomic mass is 35.5. The van der Waals surface area contributed by atoms with Crippen LogP contribution in [0.4, 0.5) is 15.8 Å². The highest BCUT2D eigenvalue weighted by Gasteiger charge is 2.10. The van der Waals surface area contributed by atoms with Crippen molar-refractivity contribution in [2.75, 3.05) is 24.2 Å². The number of likely N-dealkylation sites (N-methyl/N-ethyl adjacent to an activating group) is 1. The molecule has 1 heterocycles. The maximum Gasteiger partial charge on any atom is 0.143 e. The standard InChI is InChI=1S/C14H15ClFN3/c1-19(7-4-10-2-5-18-6-3-10)14-8-11(15)12(16)9-13(14)17/h2-3,5-6,8-9H,4,7,17H2,1H3. The van der Waals surface area contributed by atoms with Crippen LogP contribution in [0.1, 0.15) is 5.56 Å². The van der Waals surface area contributed by atoms with Gasteiger partial charge in [0.05, 0.1) is 16.4 Å². The average Bonchev–Trinajstić information content (AvgIpc) is 2.41. The zero-order valence-electron chi connectivity index (χ0n) is 10.6. The number of nitrogens with zero attached hydrogens (tertiary/aromatic N) is 2. The summed E-state index contributed by atoms with van der Waals surface area (Å²) >= 11 is 5.78. The molecule has 0 aliphatic carbocycles. The third-order valence-corrected chi connectivity index (χ3v) is 3.26. The van der Waals surface area contributed by atoms with Crippen LogP contribution >= 0.6 is 11.6 Å². The van der Waals surface area contributed by atoms with Crippen molar-refractivity contribution < 1.29 is 4.39 Å². The van der Waals surface area contributed by atoms with Gasteiger partial charge >= 0.3 is 0 Å². The van der Waals surface area contributed by atoms with E-state index in [0.29, 0.717) is 5.69 Å². The number of aromatic nitrogens is 1. The Morgan fingerprint density at radius 1 is 1.32 bits per heavy atom. The lowest BCUT2D eigenvalue weighted by Gasteiger charge is -2.21. The first-order chi connectivity index (χ1) is 9.08. The molecule has 0 saturated heterocycles. The molecule has 0 saturated carbocycles. The minimum atomic E-state index is -0.495. The number of benzene rings is 1. The van der Waals surface area contributed by atoms with Crippen LogP contribution in [0.15, 0.2) is 36.7 Å². The number of anilines is 2. The van der Waals surface area contributed by atoms with Crippen molar-refractivity contribution in [3.8, 4) is 0 Å². The maximum absolute atomic E-state index is 13.2. The number of nitrogens with two attached hydrogens (primary N) is 1. The van der Waals surface area contributed by atoms with E-state index >= 15 is 0 Å². The molecule has 0 radical (unpaired) electrons. The number of rotatable bonds is 4. The summed E-state index contributed by atoms with van der Waals surface area (Å²) in [7, 11) is 1.90. The van der Waals surface area contributed by atoms with E-state index in [4.69, 9.17) is 17.3 Å². The van der Waals surface area contributed by atoms with Gasteiger partial charge in [-0.25, -0.2) is 4.39 Å². The van der Waals surface area contributed by atoms with Crippen LogP contribution in [-0.4, -0.2) is 18.6 Å². The number of nitrogen functional groups attached to an aromatic ring is 1. The molecule has 2 N–H and O–H groups in total. The average molecular weight is 280 g/mol. The summed E-state index contributed by atoms with van der Waals surface area (Å²) in [5.74, 6) is -0.495. The molecule has 1 aromatic carbocycles. The van der Waals surface area contributed by atoms with Gasteiger partial charge in [0.25, 0.3) is 0 Å². The number of halogens is 2. The van der Waals surface area contributed by atoms with E-state index in [1.165, 1.54) is 11.6 Å². The van der Waals surface area contributed by atoms with Crippen LogP contribution < -0.4 is 10.6 Å². The molecule has 0 aliphatic rings. The van der Waals surface area contributed by atoms with Crippen LogP contribution in [0.5, 0.6) is 0 Å². The van der Waals surface area contributed by atoms with Crippen molar-refractivity contribution in [1.29, 1.82) is 0 Å². The Labute approximate surface area is 116 Å². The summed E-state index contributed by atoms with van der Waals surface area (Å²) < 4.78 is 13.2. The topological polar surface area (TPSA) is 42.2 Å². The number of hydrogen-bond acceptors (Lipinski definition) is 3. The van der Waals surface area contributed by atoms with Crippen LogP contribution in [-0.2, 0) is 6.42 Å². The van der Waals surface area contributed by atoms with Crippen LogP contribution in [0, 0.1) is 5.82 Å². The monoisotopic (exact) mass is 279 g/mol. The summed E-state index contributed by atoms with van der Waals surface area (Å²) in [6, 6.07) is 6.74. The molecule has 0 aliphatic heterocycles. The second-order valence-corrected chi connectivity index (χ2v) is 4.76. The van der Waals surface area contributed by atoms with Crippen molar-refractivity contribution in [3.63, 3.8) is 0 Å². The van der Waals surface area contributed by atoms with Gasteiger partial charge in [0, 0.05) is 32.1 Å². The molecule has 2 aromatic rings. The van der Waals surface area contributed by atoms with E-state index in [1.54, 1.807) is 18.5 Å². The quantitative estimate of drug-likeness (QED) is 0.875. The summed E-state index contributed by atoms with van der Waals surface area (Å²) in [6.07, 6.45) is 4.38. The number of hydrogen-bond donors (Lipinski definition) is 1. The smallest absolute Gasteiger partial charge is 0.143 e. The molecule has 100 valence electrons. The molecule has 5 heteroatoms. The van der Waals surface area contributed by atoms with Gasteiger partial charge in [0.2, 0.25) is 0 Å². The minimum absolute atomic E-state index is 0.0833. The lowest BCUT2D eigenvalue weighted by molar-refractivity contribution is 0.628. The van der Waals surface area contributed by atoms with Crippen molar-refractivity contribution in [2.24, 2.45) is 0 Å². The molecule has 0 spiro atoms. The number of pyridine rings is 1. The molecular formula is C14H15ClFN3. The summed E-state index contributed by atoms with van der Waals surface area (Å²) in [5.41, 5.74) is 8.12. The molecule has 0 fully saturated rings. The second kappa shape index (κ2) is 5.89. The Hall–Kier alpha value is -1.81. The Balaban J connectivity index is 2.08. The Morgan fingerprint density at radius 2 is 2.00 bits per heavy atom. The third-order valence-electron chi connectivity index (χ3n) is 2.97. The van der Waals surface area contributed by atoms with E-state index < -0.39 is 5.82 Å². The highest BCUT2D eigenvalue weighted by Crippen LogP contribution is 2.28. The van der Waals surface area contributed by atoms with E-state index in [-0.39, 0.29) is 5.02 Å². The molecular weight excluding hydrogens is 265 g/mol. The highest BCUT2D eigenvalue weighted by molar-refractivity contribution is 6.31. The van der Waals surface area contributed by atoms with E-state index in [1.807, 2.05) is 24.1 Å². The minimum Gasteiger partial charge on any atom is -0.397 e. The predicted molar refractivity (Wildman–Crippen MR) is 77.0 cm³/mol. The lowest BCUT2D eigenvalue weighted by Crippen LogP contribution is -2.21. The molecule has 0 unspecified atom stereocenters. The van der Waals surface area contributed by atoms with E-state index in [2.05, 4.69) is 4.98 Å². The first kappa shape index (κ1) is 13.6. The Morgan fingerprint density at radius 3 is 2.68 bits per heavy atom. The van der Waals surface area contributed by atoms with Gasteiger partial charge in [0.15, 0.2) is 0 Å². The van der Waals surface area contributed by atoms with Gasteiger partial charge in [-0.3, -0.25) is 4.98 Å². The Bertz CT molecular complexity index is 560. The second-order valence-electron chi connectivity index (χ2n) is 4.35. The van der Waals surface area contributed by atoms with E-state index in [9.17, 15) is 4.39 Å². The third kappa shape index (κ3) is 3.35. The van der Waals surface area contributed by atoms with Crippen LogP contribution in [0.3, 0.4) is 0 Å². The van der Waals surface area contributed by atoms with Gasteiger partial charge in [-0.05, 0) is 30.2 Å². The summed E-state index contributed by atoms with van der Waals surface area (Å²) in [4.78, 5) is 5.93. The van der Waals surface area contributed by atoms with Crippen molar-refractivity contribution in [3.05, 3.63) is 53.1 Å². The van der Waals surface area contributed by atoms with Crippen LogP contribution in [0.25, 0.3) is 0 Å². The van der Waals surface area contributed by atoms with E-state index in [0.717, 1.165) is 18.7 Å². The molecule has 0 amide bonds. The SMILES string of the molecule is CN(CCc1ccncc1)c1cc(Cl)c(F)cc1N. The van der Waals surface area contributed by atoms with Gasteiger partial charge in [0.1, 0.15) is 5.82 Å². The first-order valence-electron chi connectivity index (χ1n) is 5.92. The zero-order chi connectivity index (χ0) is 13.8. The molecule has 0 atom stereocenters. The normalized spacial score (nSPS) is 10.5. The van der Waals surface area contributed by atoms with Crippen molar-refractivity contribution in [2.45, 2.75) is 6.42 Å². The predicted octanol–water partition coefficient (Wildman–Crippen LogP) is 3.14. The fourth-order valence-electron chi connectivity index (χ4n) is 1.85. The first-order valence-corrected chi connectivity index (χ1v) is 6.30. The van der Waals surface area contributed by atoms with Gasteiger partial charge in [-0.15, -0.1) is 0 Å². The fraction of sp³-hybridized carbons (Fsp3) is 0.214. The largest absolute Gasteiger partial charge is 0.397 e. The molecule has 3 nitrogen and oxygen atoms in total. The lowest BCUT2D eigenvalue weighted by atomic mass is 10.2. The van der Waals surface area contributed by atoms with Gasteiger partial charge in [-0.1, -0.05) is 11.6 Å². The molecule has 1 aromatic heterocycles. The Kier molecular flexibility index (Phi) is 4.22. The molecule has 19 heavy (non-hydrogen) atoms. The van der Waals surface area contributed by atoms with Crippen molar-refractivity contribution in [1.82, 2.24) is 4.98 Å². The molecule has 2 rings (SSSR count). The fourth-order valence-corrected chi connectivity index (χ4v) is 2.01. The summed E-state index contributed by atoms with van der Waals surface area (Å²) in [5, 5.41) is 0.0833. The maximum atomic E-state index is 13.2. The molecule has 0 bridgehead atoms. The summed E-state index contributed by atoms with van der Waals surface area (Å²) in [6.45, 7) is 0.760. The van der Waals surface area contributed by atoms with Gasteiger partial charge < -0.3 is 10.6 Å². The van der Waals surface area contributed by atoms with Crippen molar-refractivity contribution >= 4 is 23.0 Å².